The summed E-state index contributed by atoms with van der Waals surface area (Å²) in [4.78, 5) is 11.4. The highest BCUT2D eigenvalue weighted by molar-refractivity contribution is 7.80. The van der Waals surface area contributed by atoms with E-state index in [1.54, 1.807) is 0 Å². The van der Waals surface area contributed by atoms with E-state index in [4.69, 9.17) is 4.74 Å². The van der Waals surface area contributed by atoms with Crippen LogP contribution in [-0.4, -0.2) is 11.7 Å². The molecule has 0 spiro atoms. The zero-order chi connectivity index (χ0) is 14.6. The summed E-state index contributed by atoms with van der Waals surface area (Å²) >= 11 is 4.21. The van der Waals surface area contributed by atoms with Crippen LogP contribution in [0.25, 0.3) is 0 Å². The van der Waals surface area contributed by atoms with E-state index in [2.05, 4.69) is 31.4 Å². The van der Waals surface area contributed by atoms with Crippen molar-refractivity contribution >= 4 is 18.6 Å². The van der Waals surface area contributed by atoms with Gasteiger partial charge in [-0.05, 0) is 31.4 Å². The van der Waals surface area contributed by atoms with Crippen molar-refractivity contribution in [1.82, 2.24) is 0 Å². The van der Waals surface area contributed by atoms with Crippen molar-refractivity contribution < 1.29 is 9.53 Å². The molecule has 20 heavy (non-hydrogen) atoms. The number of hydrogen-bond donors (Lipinski definition) is 1. The third-order valence-corrected chi connectivity index (χ3v) is 3.98. The van der Waals surface area contributed by atoms with Crippen LogP contribution in [0.5, 0.6) is 0 Å². The summed E-state index contributed by atoms with van der Waals surface area (Å²) in [6, 6.07) is 0. The third kappa shape index (κ3) is 7.78. The third-order valence-electron chi connectivity index (χ3n) is 3.67. The molecule has 0 bridgehead atoms. The smallest absolute Gasteiger partial charge is 0.314 e. The lowest BCUT2D eigenvalue weighted by Crippen LogP contribution is -2.05. The Kier molecular flexibility index (Phi) is 9.56. The molecule has 1 aliphatic rings. The number of esters is 1. The van der Waals surface area contributed by atoms with Gasteiger partial charge in [-0.3, -0.25) is 4.79 Å². The predicted molar refractivity (Wildman–Crippen MR) is 87.9 cm³/mol. The molecule has 0 aliphatic carbocycles. The molecular weight excluding hydrogens is 268 g/mol. The number of carbonyl (C=O) groups is 1. The minimum absolute atomic E-state index is 0.00517. The molecular formula is C17H28O2S. The number of hydrogen-bond acceptors (Lipinski definition) is 3. The van der Waals surface area contributed by atoms with Crippen LogP contribution in [0.15, 0.2) is 24.5 Å². The number of cyclic esters (lactones) is 1. The molecule has 0 amide bonds. The molecule has 0 aromatic carbocycles. The summed E-state index contributed by atoms with van der Waals surface area (Å²) in [6.45, 7) is 3.69. The molecule has 0 saturated carbocycles. The Bertz CT molecular complexity index is 323. The molecule has 114 valence electrons. The number of unbranched alkanes of at least 4 members (excludes halogenated alkanes) is 7. The van der Waals surface area contributed by atoms with Crippen molar-refractivity contribution in [2.45, 2.75) is 64.2 Å². The van der Waals surface area contributed by atoms with Crippen LogP contribution in [0.3, 0.4) is 0 Å². The van der Waals surface area contributed by atoms with Gasteiger partial charge in [0.05, 0.1) is 5.92 Å². The van der Waals surface area contributed by atoms with Crippen LogP contribution in [0, 0.1) is 5.92 Å². The Morgan fingerprint density at radius 1 is 1.10 bits per heavy atom. The van der Waals surface area contributed by atoms with Gasteiger partial charge in [0, 0.05) is 6.42 Å². The zero-order valence-electron chi connectivity index (χ0n) is 12.5. The van der Waals surface area contributed by atoms with Crippen LogP contribution < -0.4 is 0 Å². The van der Waals surface area contributed by atoms with Gasteiger partial charge in [0.2, 0.25) is 0 Å². The molecule has 3 heteroatoms. The van der Waals surface area contributed by atoms with Crippen molar-refractivity contribution in [2.75, 3.05) is 5.75 Å². The van der Waals surface area contributed by atoms with E-state index in [1.165, 1.54) is 44.9 Å². The molecule has 1 heterocycles. The van der Waals surface area contributed by atoms with Crippen LogP contribution in [-0.2, 0) is 9.53 Å². The SMILES string of the molecule is C=C1CC(C/C=C/CCCCCCCCCS)C(=O)O1. The Morgan fingerprint density at radius 2 is 1.75 bits per heavy atom. The molecule has 1 saturated heterocycles. The van der Waals surface area contributed by atoms with Gasteiger partial charge in [0.15, 0.2) is 0 Å². The normalized spacial score (nSPS) is 18.9. The van der Waals surface area contributed by atoms with Crippen molar-refractivity contribution in [3.05, 3.63) is 24.5 Å². The average molecular weight is 296 g/mol. The Morgan fingerprint density at radius 3 is 2.35 bits per heavy atom. The molecule has 2 nitrogen and oxygen atoms in total. The number of ether oxygens (including phenoxy) is 1. The second kappa shape index (κ2) is 11.0. The highest BCUT2D eigenvalue weighted by Gasteiger charge is 2.28. The first-order valence-corrected chi connectivity index (χ1v) is 8.52. The van der Waals surface area contributed by atoms with Gasteiger partial charge in [-0.25, -0.2) is 0 Å². The van der Waals surface area contributed by atoms with Crippen molar-refractivity contribution in [3.8, 4) is 0 Å². The van der Waals surface area contributed by atoms with Gasteiger partial charge >= 0.3 is 5.97 Å². The van der Waals surface area contributed by atoms with Crippen LogP contribution >= 0.6 is 12.6 Å². The van der Waals surface area contributed by atoms with Crippen molar-refractivity contribution in [1.29, 1.82) is 0 Å². The molecule has 1 fully saturated rings. The highest BCUT2D eigenvalue weighted by atomic mass is 32.1. The van der Waals surface area contributed by atoms with E-state index >= 15 is 0 Å². The van der Waals surface area contributed by atoms with E-state index in [9.17, 15) is 4.79 Å². The molecule has 0 aromatic rings. The van der Waals surface area contributed by atoms with Crippen LogP contribution in [0.4, 0.5) is 0 Å². The number of carbonyl (C=O) groups excluding carboxylic acids is 1. The maximum absolute atomic E-state index is 11.4. The number of allylic oxidation sites excluding steroid dienone is 3. The zero-order valence-corrected chi connectivity index (χ0v) is 13.4. The minimum Gasteiger partial charge on any atom is -0.431 e. The van der Waals surface area contributed by atoms with Gasteiger partial charge in [0.25, 0.3) is 0 Å². The van der Waals surface area contributed by atoms with E-state index in [-0.39, 0.29) is 11.9 Å². The van der Waals surface area contributed by atoms with E-state index in [0.717, 1.165) is 18.6 Å². The molecule has 0 aromatic heterocycles. The molecule has 0 radical (unpaired) electrons. The van der Waals surface area contributed by atoms with Gasteiger partial charge < -0.3 is 4.74 Å². The molecule has 1 atom stereocenters. The summed E-state index contributed by atoms with van der Waals surface area (Å²) in [5, 5.41) is 0. The molecule has 0 N–H and O–H groups in total. The topological polar surface area (TPSA) is 26.3 Å². The van der Waals surface area contributed by atoms with Crippen LogP contribution in [0.2, 0.25) is 0 Å². The quantitative estimate of drug-likeness (QED) is 0.250. The predicted octanol–water partition coefficient (Wildman–Crippen LogP) is 5.06. The van der Waals surface area contributed by atoms with Crippen molar-refractivity contribution in [2.24, 2.45) is 5.92 Å². The first kappa shape index (κ1) is 17.4. The van der Waals surface area contributed by atoms with Gasteiger partial charge in [-0.2, -0.15) is 12.6 Å². The summed E-state index contributed by atoms with van der Waals surface area (Å²) in [5.74, 6) is 1.53. The lowest BCUT2D eigenvalue weighted by atomic mass is 10.0. The van der Waals surface area contributed by atoms with E-state index in [1.807, 2.05) is 0 Å². The van der Waals surface area contributed by atoms with Crippen molar-refractivity contribution in [3.63, 3.8) is 0 Å². The number of thiol groups is 1. The maximum Gasteiger partial charge on any atom is 0.314 e. The standard InChI is InChI=1S/C17H28O2S/c1-15-14-16(17(18)19-15)12-10-8-6-4-2-3-5-7-9-11-13-20/h8,10,16,20H,1-7,9,11-14H2/b10-8+. The fraction of sp³-hybridized carbons (Fsp3) is 0.706. The van der Waals surface area contributed by atoms with E-state index in [0.29, 0.717) is 12.2 Å². The first-order valence-electron chi connectivity index (χ1n) is 7.89. The summed E-state index contributed by atoms with van der Waals surface area (Å²) in [6.07, 6.45) is 16.1. The Labute approximate surface area is 129 Å². The largest absolute Gasteiger partial charge is 0.431 e. The summed E-state index contributed by atoms with van der Waals surface area (Å²) < 4.78 is 4.95. The molecule has 1 unspecified atom stereocenters. The minimum atomic E-state index is -0.110. The second-order valence-electron chi connectivity index (χ2n) is 5.56. The Hall–Kier alpha value is -0.700. The second-order valence-corrected chi connectivity index (χ2v) is 6.00. The van der Waals surface area contributed by atoms with Gasteiger partial charge in [0.1, 0.15) is 5.76 Å². The van der Waals surface area contributed by atoms with Gasteiger partial charge in [-0.15, -0.1) is 0 Å². The van der Waals surface area contributed by atoms with E-state index < -0.39 is 0 Å². The maximum atomic E-state index is 11.4. The van der Waals surface area contributed by atoms with Gasteiger partial charge in [-0.1, -0.05) is 50.8 Å². The fourth-order valence-corrected chi connectivity index (χ4v) is 2.66. The number of rotatable bonds is 11. The lowest BCUT2D eigenvalue weighted by Gasteiger charge is -2.00. The van der Waals surface area contributed by atoms with Crippen LogP contribution in [0.1, 0.15) is 64.2 Å². The fourth-order valence-electron chi connectivity index (χ4n) is 2.44. The average Bonchev–Trinajstić information content (AvgIpc) is 2.74. The molecule has 1 rings (SSSR count). The molecule has 1 aliphatic heterocycles. The monoisotopic (exact) mass is 296 g/mol. The summed E-state index contributed by atoms with van der Waals surface area (Å²) in [5.41, 5.74) is 0. The lowest BCUT2D eigenvalue weighted by molar-refractivity contribution is -0.138. The first-order chi connectivity index (χ1) is 9.74. The highest BCUT2D eigenvalue weighted by Crippen LogP contribution is 2.25. The Balaban J connectivity index is 1.90. The summed E-state index contributed by atoms with van der Waals surface area (Å²) in [7, 11) is 0.